The second-order valence-corrected chi connectivity index (χ2v) is 35.1. The van der Waals surface area contributed by atoms with E-state index >= 15 is 0 Å². The predicted molar refractivity (Wildman–Crippen MR) is 526 cm³/mol. The molecule has 642 valence electrons. The van der Waals surface area contributed by atoms with Gasteiger partial charge in [-0.15, -0.1) is 11.3 Å². The third kappa shape index (κ3) is 21.5. The zero-order chi connectivity index (χ0) is 85.6. The predicted octanol–water partition coefficient (Wildman–Crippen LogP) is 21.6. The third-order valence-corrected chi connectivity index (χ3v) is 27.1. The highest BCUT2D eigenvalue weighted by Gasteiger charge is 2.29. The van der Waals surface area contributed by atoms with Gasteiger partial charge in [-0.2, -0.15) is 10.5 Å². The van der Waals surface area contributed by atoms with Crippen LogP contribution in [0.3, 0.4) is 0 Å². The highest BCUT2D eigenvalue weighted by atomic mass is 32.1. The molecule has 0 aliphatic carbocycles. The van der Waals surface area contributed by atoms with Crippen molar-refractivity contribution in [2.24, 2.45) is 0 Å². The van der Waals surface area contributed by atoms with E-state index in [1.165, 1.54) is 154 Å². The van der Waals surface area contributed by atoms with E-state index in [9.17, 15) is 10.5 Å². The summed E-state index contributed by atoms with van der Waals surface area (Å²) in [6, 6.07) is 100. The maximum atomic E-state index is 9.44. The molecule has 126 heavy (non-hydrogen) atoms. The van der Waals surface area contributed by atoms with Crippen LogP contribution in [-0.2, 0) is 32.7 Å². The van der Waals surface area contributed by atoms with Gasteiger partial charge < -0.3 is 75.8 Å². The number of fused-ring (bicyclic) bond motifs is 6. The Bertz CT molecular complexity index is 6270. The molecular formula is C108H118N16OS. The van der Waals surface area contributed by atoms with Gasteiger partial charge in [-0.25, -0.2) is 0 Å². The number of aryl methyl sites for hydroxylation is 1. The monoisotopic (exact) mass is 1690 g/mol. The normalized spacial score (nSPS) is 15.4. The van der Waals surface area contributed by atoms with Crippen LogP contribution in [0.25, 0.3) is 64.5 Å². The largest absolute Gasteiger partial charge is 0.497 e. The Kier molecular flexibility index (Phi) is 28.8. The molecule has 5 saturated heterocycles. The van der Waals surface area contributed by atoms with Crippen LogP contribution in [0.2, 0.25) is 0 Å². The van der Waals surface area contributed by atoms with Crippen LogP contribution in [0.5, 0.6) is 5.75 Å². The van der Waals surface area contributed by atoms with Crippen molar-refractivity contribution in [1.29, 1.82) is 10.5 Å². The molecule has 5 fully saturated rings. The molecule has 0 saturated carbocycles. The van der Waals surface area contributed by atoms with Crippen molar-refractivity contribution < 1.29 is 4.74 Å². The summed E-state index contributed by atoms with van der Waals surface area (Å²) in [4.78, 5) is 25.9. The van der Waals surface area contributed by atoms with E-state index in [1.54, 1.807) is 7.11 Å². The van der Waals surface area contributed by atoms with Crippen LogP contribution in [0.1, 0.15) is 109 Å². The molecule has 17 nitrogen and oxygen atoms in total. The molecule has 16 aromatic rings. The third-order valence-electron chi connectivity index (χ3n) is 26.2. The van der Waals surface area contributed by atoms with Crippen molar-refractivity contribution in [2.75, 3.05) is 97.1 Å². The number of methoxy groups -OCH3 is 1. The number of nitriles is 2. The summed E-state index contributed by atoms with van der Waals surface area (Å²) < 4.78 is 6.77. The van der Waals surface area contributed by atoms with Crippen LogP contribution in [-0.4, -0.2) is 123 Å². The number of aromatic amines is 4. The van der Waals surface area contributed by atoms with Crippen LogP contribution < -0.4 is 55.8 Å². The van der Waals surface area contributed by atoms with Gasteiger partial charge in [-0.3, -0.25) is 0 Å². The minimum Gasteiger partial charge on any atom is -0.497 e. The lowest BCUT2D eigenvalue weighted by Gasteiger charge is -2.37. The highest BCUT2D eigenvalue weighted by molar-refractivity contribution is 7.17. The molecule has 0 atom stereocenters. The number of nitrogens with zero attached hydrogens (tertiary/aromatic N) is 7. The first-order valence-corrected chi connectivity index (χ1v) is 46.3. The molecule has 0 unspecified atom stereocenters. The number of hydrogen-bond donors (Lipinski definition) is 9. The van der Waals surface area contributed by atoms with E-state index in [0.29, 0.717) is 30.2 Å². The summed E-state index contributed by atoms with van der Waals surface area (Å²) in [6.07, 6.45) is 19.7. The average molecular weight is 1690 g/mol. The lowest BCUT2D eigenvalue weighted by molar-refractivity contribution is 0.412. The van der Waals surface area contributed by atoms with Crippen LogP contribution >= 0.6 is 11.3 Å². The minimum atomic E-state index is 0.490. The van der Waals surface area contributed by atoms with Crippen molar-refractivity contribution in [3.63, 3.8) is 0 Å². The Hall–Kier alpha value is -12.6. The zero-order valence-electron chi connectivity index (χ0n) is 72.7. The van der Waals surface area contributed by atoms with E-state index in [4.69, 9.17) is 4.74 Å². The van der Waals surface area contributed by atoms with Gasteiger partial charge in [0.05, 0.1) is 30.4 Å². The van der Waals surface area contributed by atoms with Crippen molar-refractivity contribution in [3.05, 3.63) is 336 Å². The highest BCUT2D eigenvalue weighted by Crippen LogP contribution is 2.37. The van der Waals surface area contributed by atoms with Crippen molar-refractivity contribution in [2.45, 2.75) is 134 Å². The Morgan fingerprint density at radius 3 is 1.16 bits per heavy atom. The molecule has 0 amide bonds. The number of piperidine rings is 5. The van der Waals surface area contributed by atoms with E-state index in [2.05, 4.69) is 314 Å². The molecule has 0 spiro atoms. The molecule has 18 heteroatoms. The first kappa shape index (κ1) is 85.5. The summed E-state index contributed by atoms with van der Waals surface area (Å²) in [5.74, 6) is 0.920. The zero-order valence-corrected chi connectivity index (χ0v) is 73.5. The van der Waals surface area contributed by atoms with E-state index in [1.807, 2.05) is 78.6 Å². The van der Waals surface area contributed by atoms with Crippen LogP contribution in [0, 0.1) is 29.6 Å². The van der Waals surface area contributed by atoms with Crippen LogP contribution in [0.4, 0.5) is 28.4 Å². The van der Waals surface area contributed by atoms with Gasteiger partial charge in [0, 0.05) is 164 Å². The second-order valence-electron chi connectivity index (χ2n) is 34.2. The fourth-order valence-electron chi connectivity index (χ4n) is 19.2. The summed E-state index contributed by atoms with van der Waals surface area (Å²) in [7, 11) is 1.73. The summed E-state index contributed by atoms with van der Waals surface area (Å²) in [5, 5.41) is 47.3. The van der Waals surface area contributed by atoms with Gasteiger partial charge in [0.15, 0.2) is 0 Å². The molecule has 5 aliphatic heterocycles. The van der Waals surface area contributed by atoms with E-state index in [-0.39, 0.29) is 0 Å². The fourth-order valence-corrected chi connectivity index (χ4v) is 20.0. The fraction of sp³-hybridized carbons (Fsp3) is 0.296. The molecule has 11 aromatic carbocycles. The quantitative estimate of drug-likeness (QED) is 0.0330. The number of thiophene rings is 1. The number of nitrogens with one attached hydrogen (secondary N) is 9. The maximum absolute atomic E-state index is 9.44. The lowest BCUT2D eigenvalue weighted by atomic mass is 10.00. The lowest BCUT2D eigenvalue weighted by Crippen LogP contribution is -2.43. The number of anilines is 5. The van der Waals surface area contributed by atoms with Crippen LogP contribution in [0.15, 0.2) is 291 Å². The second kappa shape index (κ2) is 42.4. The Balaban J connectivity index is 0.000000111. The molecule has 9 N–H and O–H groups in total. The maximum Gasteiger partial charge on any atom is 0.119 e. The Morgan fingerprint density at radius 2 is 0.698 bits per heavy atom. The summed E-state index contributed by atoms with van der Waals surface area (Å²) in [5.41, 5.74) is 20.4. The SMILES string of the molecule is COc1cccc(CN(c2ccc3[nH]ccc3c2)C2CCNCC2)c1.Cc1ccccc1CN(c1ccc2[nH]ccc2c1)C1CCNCC1.N#Cc1cccc(CN(c2ccc3[nH]ccc3c2)C2CCNCC2)c1.N#Cc1ccccc1CN(c1ccc2[nH]ccc2c1)C1CCNCC1.c1ccc2c(CN(c3ccc4sccc4c3)C3CCNCC3)cccc2c1. The van der Waals surface area contributed by atoms with Crippen molar-refractivity contribution in [1.82, 2.24) is 46.5 Å². The standard InChI is InChI=1S/C24H24N2S.2C21H22N4.C21H25N3O.C21H25N3/c1-2-7-23-18(4-1)5-3-6-20(23)17-26(21-10-13-25-14-11-21)22-8-9-24-19(16-22)12-15-27-24;22-14-16-2-1-3-17(12-16)15-25(19-7-9-23-10-8-19)20-4-5-21-18(13-20)6-11-24-21;22-14-17-3-1-2-4-18(17)15-25(19-8-10-23-11-9-19)20-5-6-21-16(13-20)7-12-24-21;1-25-20-4-2-3-16(13-20)15-24(18-8-10-22-11-9-18)19-5-6-21-17(14-19)7-12-23-21;1-16-4-2-3-5-18(16)15-24(19-9-11-22-12-10-19)20-6-7-21-17(14-20)8-13-23-21/h1-9,12,15-16,21,25H,10-11,13-14,17H2;1-6,11-13,19,23-24H,7-10,15H2;1-7,12-13,19,23-24H,8-11,15H2;2-7,12-14,18,22-23H,8-11,15H2,1H3;2-8,13-14,19,22-23H,9-12,15H2,1H3. The number of aromatic nitrogens is 4. The number of hydrogen-bond acceptors (Lipinski definition) is 14. The molecular weight excluding hydrogens is 1570 g/mol. The minimum absolute atomic E-state index is 0.490. The summed E-state index contributed by atoms with van der Waals surface area (Å²) in [6.45, 7) is 17.5. The van der Waals surface area contributed by atoms with Crippen molar-refractivity contribution in [3.8, 4) is 17.9 Å². The number of H-pyrrole nitrogens is 4. The van der Waals surface area contributed by atoms with E-state index < -0.39 is 0 Å². The van der Waals surface area contributed by atoms with Crippen molar-refractivity contribution >= 4 is 104 Å². The van der Waals surface area contributed by atoms with Gasteiger partial charge in [0.1, 0.15) is 5.75 Å². The smallest absolute Gasteiger partial charge is 0.119 e. The number of benzene rings is 11. The number of ether oxygens (including phenoxy) is 1. The average Bonchev–Trinajstić information content (AvgIpc) is 1.72. The van der Waals surface area contributed by atoms with Gasteiger partial charge in [-0.1, -0.05) is 109 Å². The molecule has 0 bridgehead atoms. The molecule has 10 heterocycles. The molecule has 21 rings (SSSR count). The summed E-state index contributed by atoms with van der Waals surface area (Å²) >= 11 is 1.82. The van der Waals surface area contributed by atoms with Gasteiger partial charge in [0.2, 0.25) is 0 Å². The number of rotatable bonds is 21. The Labute approximate surface area is 745 Å². The molecule has 5 aliphatic rings. The topological polar surface area (TPSA) is 196 Å². The molecule has 5 aromatic heterocycles. The van der Waals surface area contributed by atoms with E-state index in [0.717, 1.165) is 152 Å². The first-order valence-electron chi connectivity index (χ1n) is 45.4. The Morgan fingerprint density at radius 1 is 0.325 bits per heavy atom. The van der Waals surface area contributed by atoms with Gasteiger partial charge in [-0.05, 0) is 343 Å². The molecule has 0 radical (unpaired) electrons. The van der Waals surface area contributed by atoms with Gasteiger partial charge in [0.25, 0.3) is 0 Å². The van der Waals surface area contributed by atoms with Gasteiger partial charge >= 0.3 is 0 Å². The first-order chi connectivity index (χ1) is 62.2.